The van der Waals surface area contributed by atoms with Crippen LogP contribution in [0.25, 0.3) is 22.5 Å². The van der Waals surface area contributed by atoms with Crippen molar-refractivity contribution in [2.24, 2.45) is 0 Å². The minimum atomic E-state index is 0.887. The summed E-state index contributed by atoms with van der Waals surface area (Å²) in [7, 11) is 0. The van der Waals surface area contributed by atoms with Crippen LogP contribution in [-0.4, -0.2) is 47.3 Å². The summed E-state index contributed by atoms with van der Waals surface area (Å²) in [4.78, 5) is 7.29. The summed E-state index contributed by atoms with van der Waals surface area (Å²) in [5.74, 6) is 0. The average Bonchev–Trinajstić information content (AvgIpc) is 3.19. The fourth-order valence-electron chi connectivity index (χ4n) is 3.88. The molecule has 0 N–H and O–H groups in total. The van der Waals surface area contributed by atoms with E-state index in [1.54, 1.807) is 0 Å². The molecule has 0 amide bonds. The molecule has 0 aliphatic carbocycles. The van der Waals surface area contributed by atoms with Crippen LogP contribution in [-0.2, 0) is 11.3 Å². The van der Waals surface area contributed by atoms with Gasteiger partial charge in [-0.1, -0.05) is 67.1 Å². The number of benzene rings is 2. The Hall–Kier alpha value is -2.43. The van der Waals surface area contributed by atoms with Crippen molar-refractivity contribution < 1.29 is 4.74 Å². The minimum Gasteiger partial charge on any atom is -0.379 e. The van der Waals surface area contributed by atoms with Crippen LogP contribution < -0.4 is 0 Å². The molecular formula is C24H29N3O. The standard InChI is InChI=1S/C24H29N3O/c1-4-10-21(11-5-1)23-24(22-12-6-2-7-13-22)27(20-25-23)15-9-3-8-14-26-16-18-28-19-17-26/h1-2,4-7,10-13,20H,3,8-9,14-19H2. The first-order valence-corrected chi connectivity index (χ1v) is 10.4. The van der Waals surface area contributed by atoms with Crippen molar-refractivity contribution >= 4 is 0 Å². The van der Waals surface area contributed by atoms with Crippen molar-refractivity contribution in [3.63, 3.8) is 0 Å². The Morgan fingerprint density at radius 3 is 2.11 bits per heavy atom. The Bertz CT molecular complexity index is 839. The topological polar surface area (TPSA) is 30.3 Å². The second-order valence-corrected chi connectivity index (χ2v) is 7.38. The molecule has 146 valence electrons. The maximum absolute atomic E-state index is 5.43. The molecule has 0 unspecified atom stereocenters. The van der Waals surface area contributed by atoms with E-state index >= 15 is 0 Å². The van der Waals surface area contributed by atoms with Gasteiger partial charge < -0.3 is 9.30 Å². The third kappa shape index (κ3) is 4.70. The molecule has 1 saturated heterocycles. The fourth-order valence-corrected chi connectivity index (χ4v) is 3.88. The first kappa shape index (κ1) is 18.9. The molecule has 0 bridgehead atoms. The van der Waals surface area contributed by atoms with Crippen LogP contribution in [0.1, 0.15) is 19.3 Å². The molecule has 1 fully saturated rings. The number of rotatable bonds is 8. The van der Waals surface area contributed by atoms with Gasteiger partial charge in [0.2, 0.25) is 0 Å². The summed E-state index contributed by atoms with van der Waals surface area (Å²) in [5, 5.41) is 0. The van der Waals surface area contributed by atoms with E-state index in [0.717, 1.165) is 38.5 Å². The van der Waals surface area contributed by atoms with Gasteiger partial charge in [0, 0.05) is 30.8 Å². The second kappa shape index (κ2) is 9.67. The zero-order valence-corrected chi connectivity index (χ0v) is 16.5. The molecular weight excluding hydrogens is 346 g/mol. The summed E-state index contributed by atoms with van der Waals surface area (Å²) < 4.78 is 7.75. The van der Waals surface area contributed by atoms with E-state index in [-0.39, 0.29) is 0 Å². The van der Waals surface area contributed by atoms with Crippen molar-refractivity contribution in [3.05, 3.63) is 67.0 Å². The quantitative estimate of drug-likeness (QED) is 0.534. The Morgan fingerprint density at radius 2 is 1.39 bits per heavy atom. The summed E-state index contributed by atoms with van der Waals surface area (Å²) >= 11 is 0. The molecule has 1 aliphatic heterocycles. The summed E-state index contributed by atoms with van der Waals surface area (Å²) in [6, 6.07) is 21.1. The van der Waals surface area contributed by atoms with Crippen LogP contribution in [0.3, 0.4) is 0 Å². The van der Waals surface area contributed by atoms with E-state index in [9.17, 15) is 0 Å². The fraction of sp³-hybridized carbons (Fsp3) is 0.375. The van der Waals surface area contributed by atoms with Crippen molar-refractivity contribution in [2.45, 2.75) is 25.8 Å². The van der Waals surface area contributed by atoms with Gasteiger partial charge in [0.15, 0.2) is 0 Å². The van der Waals surface area contributed by atoms with Crippen LogP contribution in [0.15, 0.2) is 67.0 Å². The van der Waals surface area contributed by atoms with Crippen LogP contribution in [0, 0.1) is 0 Å². The smallest absolute Gasteiger partial charge is 0.0963 e. The number of unbranched alkanes of at least 4 members (excludes halogenated alkanes) is 2. The van der Waals surface area contributed by atoms with E-state index < -0.39 is 0 Å². The highest BCUT2D eigenvalue weighted by molar-refractivity contribution is 5.78. The van der Waals surface area contributed by atoms with Gasteiger partial charge in [-0.05, 0) is 19.4 Å². The molecule has 0 radical (unpaired) electrons. The zero-order chi connectivity index (χ0) is 19.0. The van der Waals surface area contributed by atoms with Crippen LogP contribution in [0.2, 0.25) is 0 Å². The third-order valence-electron chi connectivity index (χ3n) is 5.41. The number of hydrogen-bond acceptors (Lipinski definition) is 3. The molecule has 0 atom stereocenters. The second-order valence-electron chi connectivity index (χ2n) is 7.38. The number of hydrogen-bond donors (Lipinski definition) is 0. The molecule has 0 spiro atoms. The lowest BCUT2D eigenvalue weighted by molar-refractivity contribution is 0.0371. The molecule has 0 saturated carbocycles. The van der Waals surface area contributed by atoms with Gasteiger partial charge in [0.25, 0.3) is 0 Å². The molecule has 2 aromatic carbocycles. The minimum absolute atomic E-state index is 0.887. The lowest BCUT2D eigenvalue weighted by Crippen LogP contribution is -2.36. The Balaban J connectivity index is 1.42. The average molecular weight is 376 g/mol. The van der Waals surface area contributed by atoms with Crippen molar-refractivity contribution in [2.75, 3.05) is 32.8 Å². The van der Waals surface area contributed by atoms with E-state index in [1.807, 2.05) is 6.33 Å². The molecule has 2 heterocycles. The maximum Gasteiger partial charge on any atom is 0.0963 e. The zero-order valence-electron chi connectivity index (χ0n) is 16.5. The molecule has 4 heteroatoms. The van der Waals surface area contributed by atoms with Crippen LogP contribution in [0.4, 0.5) is 0 Å². The predicted molar refractivity (Wildman–Crippen MR) is 114 cm³/mol. The SMILES string of the molecule is c1ccc(-c2ncn(CCCCCN3CCOCC3)c2-c2ccccc2)cc1. The Kier molecular flexibility index (Phi) is 6.53. The normalized spacial score (nSPS) is 15.0. The third-order valence-corrected chi connectivity index (χ3v) is 5.41. The van der Waals surface area contributed by atoms with Gasteiger partial charge in [-0.25, -0.2) is 4.98 Å². The van der Waals surface area contributed by atoms with Gasteiger partial charge in [0.05, 0.1) is 30.9 Å². The molecule has 1 aliphatic rings. The van der Waals surface area contributed by atoms with Crippen molar-refractivity contribution in [1.29, 1.82) is 0 Å². The van der Waals surface area contributed by atoms with E-state index in [4.69, 9.17) is 9.72 Å². The van der Waals surface area contributed by atoms with E-state index in [2.05, 4.69) is 70.1 Å². The highest BCUT2D eigenvalue weighted by atomic mass is 16.5. The number of aryl methyl sites for hydroxylation is 1. The molecule has 1 aromatic heterocycles. The van der Waals surface area contributed by atoms with E-state index in [0.29, 0.717) is 0 Å². The number of imidazole rings is 1. The van der Waals surface area contributed by atoms with Gasteiger partial charge >= 0.3 is 0 Å². The van der Waals surface area contributed by atoms with Gasteiger partial charge in [-0.15, -0.1) is 0 Å². The number of nitrogens with zero attached hydrogens (tertiary/aromatic N) is 3. The van der Waals surface area contributed by atoms with Crippen LogP contribution >= 0.6 is 0 Å². The summed E-state index contributed by atoms with van der Waals surface area (Å²) in [6.07, 6.45) is 5.67. The maximum atomic E-state index is 5.43. The van der Waals surface area contributed by atoms with Crippen LogP contribution in [0.5, 0.6) is 0 Å². The first-order valence-electron chi connectivity index (χ1n) is 10.4. The van der Waals surface area contributed by atoms with Gasteiger partial charge in [-0.2, -0.15) is 0 Å². The predicted octanol–water partition coefficient (Wildman–Crippen LogP) is 4.72. The van der Waals surface area contributed by atoms with Gasteiger partial charge in [-0.3, -0.25) is 4.90 Å². The number of morpholine rings is 1. The summed E-state index contributed by atoms with van der Waals surface area (Å²) in [5.41, 5.74) is 4.69. The Labute approximate surface area is 167 Å². The first-order chi connectivity index (χ1) is 13.9. The molecule has 4 nitrogen and oxygen atoms in total. The highest BCUT2D eigenvalue weighted by Gasteiger charge is 2.14. The number of ether oxygens (including phenoxy) is 1. The molecule has 28 heavy (non-hydrogen) atoms. The monoisotopic (exact) mass is 375 g/mol. The lowest BCUT2D eigenvalue weighted by atomic mass is 10.0. The largest absolute Gasteiger partial charge is 0.379 e. The number of aromatic nitrogens is 2. The van der Waals surface area contributed by atoms with E-state index in [1.165, 1.54) is 42.6 Å². The van der Waals surface area contributed by atoms with Crippen molar-refractivity contribution in [3.8, 4) is 22.5 Å². The van der Waals surface area contributed by atoms with Gasteiger partial charge in [0.1, 0.15) is 0 Å². The van der Waals surface area contributed by atoms with Crippen molar-refractivity contribution in [1.82, 2.24) is 14.5 Å². The summed E-state index contributed by atoms with van der Waals surface area (Å²) in [6.45, 7) is 6.14. The molecule has 4 rings (SSSR count). The highest BCUT2D eigenvalue weighted by Crippen LogP contribution is 2.31. The molecule has 3 aromatic rings. The lowest BCUT2D eigenvalue weighted by Gasteiger charge is -2.26. The Morgan fingerprint density at radius 1 is 0.750 bits per heavy atom.